The fourth-order valence-corrected chi connectivity index (χ4v) is 1.69. The molecule has 0 radical (unpaired) electrons. The summed E-state index contributed by atoms with van der Waals surface area (Å²) >= 11 is 0. The van der Waals surface area contributed by atoms with Crippen molar-refractivity contribution >= 4 is 5.97 Å². The SMILES string of the molecule is CC(C)=CCC[C@H](C)[C@@H]1C=CC(=O)OC1. The monoisotopic (exact) mass is 208 g/mol. The fourth-order valence-electron chi connectivity index (χ4n) is 1.69. The Hall–Kier alpha value is -1.05. The molecule has 1 rings (SSSR count). The summed E-state index contributed by atoms with van der Waals surface area (Å²) in [6, 6.07) is 0. The maximum atomic E-state index is 10.8. The van der Waals surface area contributed by atoms with Gasteiger partial charge >= 0.3 is 5.97 Å². The molecule has 1 heterocycles. The second kappa shape index (κ2) is 5.74. The molecule has 1 aliphatic rings. The number of allylic oxidation sites excluding steroid dienone is 2. The Labute approximate surface area is 92.0 Å². The molecule has 0 aromatic heterocycles. The highest BCUT2D eigenvalue weighted by Gasteiger charge is 2.19. The molecule has 0 aliphatic carbocycles. The smallest absolute Gasteiger partial charge is 0.330 e. The third kappa shape index (κ3) is 4.32. The Morgan fingerprint density at radius 1 is 1.67 bits per heavy atom. The van der Waals surface area contributed by atoms with E-state index in [9.17, 15) is 4.79 Å². The second-order valence-electron chi connectivity index (χ2n) is 4.49. The molecule has 0 amide bonds. The quantitative estimate of drug-likeness (QED) is 0.524. The predicted molar refractivity (Wildman–Crippen MR) is 61.4 cm³/mol. The predicted octanol–water partition coefficient (Wildman–Crippen LogP) is 3.10. The van der Waals surface area contributed by atoms with E-state index < -0.39 is 0 Å². The Balaban J connectivity index is 2.34. The van der Waals surface area contributed by atoms with Crippen molar-refractivity contribution in [1.29, 1.82) is 0 Å². The number of carbonyl (C=O) groups excluding carboxylic acids is 1. The Morgan fingerprint density at radius 2 is 2.40 bits per heavy atom. The van der Waals surface area contributed by atoms with Crippen molar-refractivity contribution in [2.75, 3.05) is 6.61 Å². The molecule has 0 unspecified atom stereocenters. The minimum Gasteiger partial charge on any atom is -0.462 e. The van der Waals surface area contributed by atoms with Crippen LogP contribution in [0.1, 0.15) is 33.6 Å². The number of hydrogen-bond acceptors (Lipinski definition) is 2. The molecule has 2 atom stereocenters. The molecule has 15 heavy (non-hydrogen) atoms. The van der Waals surface area contributed by atoms with Crippen molar-refractivity contribution in [2.24, 2.45) is 11.8 Å². The third-order valence-corrected chi connectivity index (χ3v) is 2.80. The molecule has 0 aromatic carbocycles. The third-order valence-electron chi connectivity index (χ3n) is 2.80. The topological polar surface area (TPSA) is 26.3 Å². The van der Waals surface area contributed by atoms with Crippen LogP contribution in [0.25, 0.3) is 0 Å². The Morgan fingerprint density at radius 3 is 2.93 bits per heavy atom. The van der Waals surface area contributed by atoms with Crippen LogP contribution < -0.4 is 0 Å². The van der Waals surface area contributed by atoms with E-state index in [2.05, 4.69) is 26.8 Å². The molecule has 84 valence electrons. The van der Waals surface area contributed by atoms with Crippen LogP contribution in [0.2, 0.25) is 0 Å². The van der Waals surface area contributed by atoms with Crippen LogP contribution in [0, 0.1) is 11.8 Å². The maximum Gasteiger partial charge on any atom is 0.330 e. The molecule has 0 aromatic rings. The number of esters is 1. The molecule has 0 spiro atoms. The van der Waals surface area contributed by atoms with Crippen LogP contribution in [0.3, 0.4) is 0 Å². The Bertz CT molecular complexity index is 272. The van der Waals surface area contributed by atoms with Crippen LogP contribution in [0.15, 0.2) is 23.8 Å². The number of ether oxygens (including phenoxy) is 1. The zero-order valence-corrected chi connectivity index (χ0v) is 9.82. The van der Waals surface area contributed by atoms with E-state index in [-0.39, 0.29) is 5.97 Å². The first-order valence-corrected chi connectivity index (χ1v) is 5.58. The van der Waals surface area contributed by atoms with Gasteiger partial charge < -0.3 is 4.74 Å². The largest absolute Gasteiger partial charge is 0.462 e. The highest BCUT2D eigenvalue weighted by molar-refractivity contribution is 5.82. The lowest BCUT2D eigenvalue weighted by Gasteiger charge is -2.22. The zero-order chi connectivity index (χ0) is 11.3. The Kier molecular flexibility index (Phi) is 4.60. The van der Waals surface area contributed by atoms with Gasteiger partial charge in [-0.05, 0) is 32.6 Å². The summed E-state index contributed by atoms with van der Waals surface area (Å²) < 4.78 is 5.00. The molecule has 0 fully saturated rings. The van der Waals surface area contributed by atoms with Crippen molar-refractivity contribution < 1.29 is 9.53 Å². The van der Waals surface area contributed by atoms with Crippen molar-refractivity contribution in [1.82, 2.24) is 0 Å². The number of rotatable bonds is 4. The summed E-state index contributed by atoms with van der Waals surface area (Å²) in [5.74, 6) is 0.765. The minimum atomic E-state index is -0.206. The average Bonchev–Trinajstić information content (AvgIpc) is 2.18. The van der Waals surface area contributed by atoms with E-state index in [0.717, 1.165) is 12.8 Å². The molecule has 0 saturated carbocycles. The number of carbonyl (C=O) groups is 1. The molecule has 2 heteroatoms. The van der Waals surface area contributed by atoms with Gasteiger partial charge in [0.05, 0.1) is 6.61 Å². The number of hydrogen-bond donors (Lipinski definition) is 0. The standard InChI is InChI=1S/C13H20O2/c1-10(2)5-4-6-11(3)12-7-8-13(14)15-9-12/h5,7-8,11-12H,4,6,9H2,1-3H3/t11-,12+/m0/s1. The molecule has 2 nitrogen and oxygen atoms in total. The van der Waals surface area contributed by atoms with E-state index in [0.29, 0.717) is 18.4 Å². The first kappa shape index (κ1) is 12.0. The molecule has 0 saturated heterocycles. The van der Waals surface area contributed by atoms with Gasteiger partial charge in [0.15, 0.2) is 0 Å². The van der Waals surface area contributed by atoms with Crippen LogP contribution >= 0.6 is 0 Å². The van der Waals surface area contributed by atoms with Gasteiger partial charge in [0.2, 0.25) is 0 Å². The summed E-state index contributed by atoms with van der Waals surface area (Å²) in [4.78, 5) is 10.8. The second-order valence-corrected chi connectivity index (χ2v) is 4.49. The van der Waals surface area contributed by atoms with Gasteiger partial charge in [0.1, 0.15) is 0 Å². The van der Waals surface area contributed by atoms with E-state index in [1.807, 2.05) is 6.08 Å². The van der Waals surface area contributed by atoms with Gasteiger partial charge in [-0.15, -0.1) is 0 Å². The maximum absolute atomic E-state index is 10.8. The van der Waals surface area contributed by atoms with Gasteiger partial charge in [-0.2, -0.15) is 0 Å². The zero-order valence-electron chi connectivity index (χ0n) is 9.82. The van der Waals surface area contributed by atoms with Crippen LogP contribution in [0.4, 0.5) is 0 Å². The van der Waals surface area contributed by atoms with Crippen molar-refractivity contribution in [3.8, 4) is 0 Å². The normalized spacial score (nSPS) is 22.1. The minimum absolute atomic E-state index is 0.206. The van der Waals surface area contributed by atoms with E-state index in [4.69, 9.17) is 4.74 Å². The molecule has 0 bridgehead atoms. The summed E-state index contributed by atoms with van der Waals surface area (Å²) in [7, 11) is 0. The summed E-state index contributed by atoms with van der Waals surface area (Å²) in [5.41, 5.74) is 1.37. The highest BCUT2D eigenvalue weighted by atomic mass is 16.5. The van der Waals surface area contributed by atoms with Crippen LogP contribution in [-0.4, -0.2) is 12.6 Å². The first-order chi connectivity index (χ1) is 7.09. The number of cyclic esters (lactones) is 1. The van der Waals surface area contributed by atoms with Gasteiger partial charge in [-0.25, -0.2) is 4.79 Å². The lowest BCUT2D eigenvalue weighted by Crippen LogP contribution is -2.22. The van der Waals surface area contributed by atoms with Crippen LogP contribution in [-0.2, 0) is 9.53 Å². The molecule has 1 aliphatic heterocycles. The summed E-state index contributed by atoms with van der Waals surface area (Å²) in [6.45, 7) is 7.00. The van der Waals surface area contributed by atoms with Crippen LogP contribution in [0.5, 0.6) is 0 Å². The van der Waals surface area contributed by atoms with E-state index in [1.165, 1.54) is 5.57 Å². The molecule has 0 N–H and O–H groups in total. The van der Waals surface area contributed by atoms with E-state index in [1.54, 1.807) is 6.08 Å². The van der Waals surface area contributed by atoms with Crippen molar-refractivity contribution in [3.05, 3.63) is 23.8 Å². The summed E-state index contributed by atoms with van der Waals surface area (Å²) in [5, 5.41) is 0. The van der Waals surface area contributed by atoms with Gasteiger partial charge in [-0.1, -0.05) is 24.6 Å². The van der Waals surface area contributed by atoms with Gasteiger partial charge in [0, 0.05) is 12.0 Å². The summed E-state index contributed by atoms with van der Waals surface area (Å²) in [6.07, 6.45) is 8.05. The molecular weight excluding hydrogens is 188 g/mol. The average molecular weight is 208 g/mol. The first-order valence-electron chi connectivity index (χ1n) is 5.58. The fraction of sp³-hybridized carbons (Fsp3) is 0.615. The lowest BCUT2D eigenvalue weighted by molar-refractivity contribution is -0.140. The van der Waals surface area contributed by atoms with Crippen molar-refractivity contribution in [2.45, 2.75) is 33.6 Å². The molecular formula is C13H20O2. The van der Waals surface area contributed by atoms with E-state index >= 15 is 0 Å². The lowest BCUT2D eigenvalue weighted by atomic mass is 9.89. The van der Waals surface area contributed by atoms with Gasteiger partial charge in [0.25, 0.3) is 0 Å². The van der Waals surface area contributed by atoms with Crippen molar-refractivity contribution in [3.63, 3.8) is 0 Å². The highest BCUT2D eigenvalue weighted by Crippen LogP contribution is 2.22. The van der Waals surface area contributed by atoms with Gasteiger partial charge in [-0.3, -0.25) is 0 Å².